The number of esters is 1. The van der Waals surface area contributed by atoms with Gasteiger partial charge in [-0.2, -0.15) is 4.31 Å². The molecule has 1 aliphatic rings. The molecule has 7 nitrogen and oxygen atoms in total. The highest BCUT2D eigenvalue weighted by Crippen LogP contribution is 2.30. The Bertz CT molecular complexity index is 687. The summed E-state index contributed by atoms with van der Waals surface area (Å²) in [6, 6.07) is 4.50. The molecule has 1 saturated heterocycles. The highest BCUT2D eigenvalue weighted by atomic mass is 35.5. The summed E-state index contributed by atoms with van der Waals surface area (Å²) in [5.74, 6) is -0.0429. The third-order valence-corrected chi connectivity index (χ3v) is 5.89. The molecule has 9 heteroatoms. The van der Waals surface area contributed by atoms with E-state index >= 15 is 0 Å². The quantitative estimate of drug-likeness (QED) is 0.695. The molecule has 0 amide bonds. The molecule has 134 valence electrons. The van der Waals surface area contributed by atoms with Gasteiger partial charge in [0, 0.05) is 31.2 Å². The Morgan fingerprint density at radius 2 is 1.92 bits per heavy atom. The smallest absolute Gasteiger partial charge is 0.320 e. The number of carbonyl (C=O) groups excluding carboxylic acids is 1. The zero-order valence-electron chi connectivity index (χ0n) is 13.7. The van der Waals surface area contributed by atoms with Gasteiger partial charge in [0.1, 0.15) is 10.6 Å². The first kappa shape index (κ1) is 19.0. The molecule has 0 aromatic heterocycles. The number of piperazine rings is 1. The summed E-state index contributed by atoms with van der Waals surface area (Å²) >= 11 is 5.93. The fraction of sp³-hybridized carbons (Fsp3) is 0.533. The summed E-state index contributed by atoms with van der Waals surface area (Å²) in [5.41, 5.74) is 0. The number of rotatable bonds is 6. The van der Waals surface area contributed by atoms with E-state index in [4.69, 9.17) is 21.1 Å². The van der Waals surface area contributed by atoms with Crippen LogP contribution in [0.5, 0.6) is 5.75 Å². The fourth-order valence-electron chi connectivity index (χ4n) is 2.51. The summed E-state index contributed by atoms with van der Waals surface area (Å²) in [5, 5.41) is 0.329. The Labute approximate surface area is 147 Å². The molecule has 0 bridgehead atoms. The van der Waals surface area contributed by atoms with Crippen LogP contribution in [0, 0.1) is 0 Å². The van der Waals surface area contributed by atoms with E-state index in [0.717, 1.165) is 0 Å². The first-order valence-electron chi connectivity index (χ1n) is 7.60. The van der Waals surface area contributed by atoms with Crippen LogP contribution in [-0.2, 0) is 19.6 Å². The second-order valence-corrected chi connectivity index (χ2v) is 7.62. The summed E-state index contributed by atoms with van der Waals surface area (Å²) in [7, 11) is -2.29. The minimum absolute atomic E-state index is 0.0522. The number of benzene rings is 1. The number of nitrogens with zero attached hydrogens (tertiary/aromatic N) is 2. The Kier molecular flexibility index (Phi) is 6.45. The maximum atomic E-state index is 12.8. The van der Waals surface area contributed by atoms with E-state index in [2.05, 4.69) is 0 Å². The molecule has 0 saturated carbocycles. The van der Waals surface area contributed by atoms with Crippen molar-refractivity contribution in [1.29, 1.82) is 0 Å². The minimum Gasteiger partial charge on any atom is -0.495 e. The molecule has 24 heavy (non-hydrogen) atoms. The number of methoxy groups -OCH3 is 1. The van der Waals surface area contributed by atoms with Crippen molar-refractivity contribution in [3.8, 4) is 5.75 Å². The van der Waals surface area contributed by atoms with E-state index < -0.39 is 10.0 Å². The van der Waals surface area contributed by atoms with E-state index in [-0.39, 0.29) is 36.2 Å². The Balaban J connectivity index is 2.08. The lowest BCUT2D eigenvalue weighted by Crippen LogP contribution is -2.50. The van der Waals surface area contributed by atoms with Crippen molar-refractivity contribution in [2.75, 3.05) is 46.4 Å². The van der Waals surface area contributed by atoms with E-state index in [1.807, 2.05) is 4.90 Å². The Morgan fingerprint density at radius 3 is 2.50 bits per heavy atom. The van der Waals surface area contributed by atoms with Crippen LogP contribution in [0.25, 0.3) is 0 Å². The van der Waals surface area contributed by atoms with Crippen LogP contribution in [0.2, 0.25) is 5.02 Å². The number of sulfonamides is 1. The van der Waals surface area contributed by atoms with Crippen LogP contribution in [0.15, 0.2) is 23.1 Å². The highest BCUT2D eigenvalue weighted by Gasteiger charge is 2.31. The Hall–Kier alpha value is -1.35. The normalized spacial score (nSPS) is 16.8. The molecule has 0 N–H and O–H groups in total. The lowest BCUT2D eigenvalue weighted by atomic mass is 10.3. The van der Waals surface area contributed by atoms with Gasteiger partial charge < -0.3 is 9.47 Å². The summed E-state index contributed by atoms with van der Waals surface area (Å²) < 4.78 is 37.1. The molecule has 2 rings (SSSR count). The molecular weight excluding hydrogens is 356 g/mol. The average molecular weight is 377 g/mol. The van der Waals surface area contributed by atoms with Crippen molar-refractivity contribution in [2.45, 2.75) is 11.8 Å². The van der Waals surface area contributed by atoms with E-state index in [1.165, 1.54) is 23.5 Å². The fourth-order valence-corrected chi connectivity index (χ4v) is 4.35. The molecule has 0 aliphatic carbocycles. The maximum Gasteiger partial charge on any atom is 0.320 e. The van der Waals surface area contributed by atoms with Gasteiger partial charge in [-0.25, -0.2) is 8.42 Å². The van der Waals surface area contributed by atoms with Gasteiger partial charge in [-0.05, 0) is 25.1 Å². The van der Waals surface area contributed by atoms with Crippen LogP contribution >= 0.6 is 11.6 Å². The lowest BCUT2D eigenvalue weighted by Gasteiger charge is -2.33. The largest absolute Gasteiger partial charge is 0.495 e. The zero-order chi connectivity index (χ0) is 17.7. The molecular formula is C15H21ClN2O5S. The van der Waals surface area contributed by atoms with Gasteiger partial charge >= 0.3 is 5.97 Å². The lowest BCUT2D eigenvalue weighted by molar-refractivity contribution is -0.144. The van der Waals surface area contributed by atoms with Gasteiger partial charge in [-0.1, -0.05) is 11.6 Å². The number of halogens is 1. The molecule has 0 atom stereocenters. The van der Waals surface area contributed by atoms with Crippen molar-refractivity contribution >= 4 is 27.6 Å². The van der Waals surface area contributed by atoms with Crippen molar-refractivity contribution < 1.29 is 22.7 Å². The number of carbonyl (C=O) groups is 1. The van der Waals surface area contributed by atoms with Gasteiger partial charge in [-0.15, -0.1) is 0 Å². The predicted octanol–water partition coefficient (Wildman–Crippen LogP) is 1.22. The molecule has 1 aromatic rings. The molecule has 1 aliphatic heterocycles. The minimum atomic E-state index is -3.71. The molecule has 1 heterocycles. The number of ether oxygens (including phenoxy) is 2. The van der Waals surface area contributed by atoms with Crippen LogP contribution in [-0.4, -0.2) is 70.0 Å². The maximum absolute atomic E-state index is 12.8. The van der Waals surface area contributed by atoms with Crippen molar-refractivity contribution in [1.82, 2.24) is 9.21 Å². The molecule has 0 radical (unpaired) electrons. The second kappa shape index (κ2) is 8.15. The SMILES string of the molecule is CCOC(=O)CN1CCN(S(=O)(=O)c2cc(Cl)ccc2OC)CC1. The van der Waals surface area contributed by atoms with E-state index in [1.54, 1.807) is 13.0 Å². The predicted molar refractivity (Wildman–Crippen MR) is 89.8 cm³/mol. The van der Waals surface area contributed by atoms with Crippen molar-refractivity contribution in [3.63, 3.8) is 0 Å². The summed E-state index contributed by atoms with van der Waals surface area (Å²) in [6.07, 6.45) is 0. The van der Waals surface area contributed by atoms with Crippen LogP contribution in [0.4, 0.5) is 0 Å². The van der Waals surface area contributed by atoms with Crippen molar-refractivity contribution in [2.24, 2.45) is 0 Å². The van der Waals surface area contributed by atoms with Gasteiger partial charge in [0.25, 0.3) is 0 Å². The third kappa shape index (κ3) is 4.38. The number of hydrogen-bond donors (Lipinski definition) is 0. The molecule has 0 unspecified atom stereocenters. The first-order chi connectivity index (χ1) is 11.4. The van der Waals surface area contributed by atoms with Gasteiger partial charge in [0.2, 0.25) is 10.0 Å². The molecule has 0 spiro atoms. The topological polar surface area (TPSA) is 76.2 Å². The van der Waals surface area contributed by atoms with Crippen LogP contribution in [0.3, 0.4) is 0 Å². The van der Waals surface area contributed by atoms with Crippen LogP contribution in [0.1, 0.15) is 6.92 Å². The standard InChI is InChI=1S/C15H21ClN2O5S/c1-3-23-15(19)11-17-6-8-18(9-7-17)24(20,21)14-10-12(16)4-5-13(14)22-2/h4-5,10H,3,6-9,11H2,1-2H3. The van der Waals surface area contributed by atoms with Crippen LogP contribution < -0.4 is 4.74 Å². The van der Waals surface area contributed by atoms with Gasteiger partial charge in [0.15, 0.2) is 0 Å². The summed E-state index contributed by atoms with van der Waals surface area (Å²) in [4.78, 5) is 13.4. The van der Waals surface area contributed by atoms with Gasteiger partial charge in [-0.3, -0.25) is 9.69 Å². The second-order valence-electron chi connectivity index (χ2n) is 5.28. The Morgan fingerprint density at radius 1 is 1.25 bits per heavy atom. The zero-order valence-corrected chi connectivity index (χ0v) is 15.3. The highest BCUT2D eigenvalue weighted by molar-refractivity contribution is 7.89. The summed E-state index contributed by atoms with van der Waals surface area (Å²) in [6.45, 7) is 3.75. The third-order valence-electron chi connectivity index (χ3n) is 3.73. The first-order valence-corrected chi connectivity index (χ1v) is 9.42. The van der Waals surface area contributed by atoms with E-state index in [0.29, 0.717) is 24.7 Å². The van der Waals surface area contributed by atoms with E-state index in [9.17, 15) is 13.2 Å². The monoisotopic (exact) mass is 376 g/mol. The van der Waals surface area contributed by atoms with Gasteiger partial charge in [0.05, 0.1) is 20.3 Å². The van der Waals surface area contributed by atoms with Crippen molar-refractivity contribution in [3.05, 3.63) is 23.2 Å². The molecule has 1 fully saturated rings. The molecule has 1 aromatic carbocycles. The number of hydrogen-bond acceptors (Lipinski definition) is 6. The average Bonchev–Trinajstić information content (AvgIpc) is 2.55.